The molecule has 0 aliphatic rings. The van der Waals surface area contributed by atoms with Crippen molar-refractivity contribution >= 4 is 38.4 Å². The van der Waals surface area contributed by atoms with Crippen LogP contribution in [0, 0.1) is 0 Å². The topological polar surface area (TPSA) is 27.7 Å². The molecule has 0 bridgehead atoms. The van der Waals surface area contributed by atoms with Crippen LogP contribution in [0.25, 0.3) is 0 Å². The summed E-state index contributed by atoms with van der Waals surface area (Å²) in [5.74, 6) is 0. The normalized spacial score (nSPS) is 15.2. The molecule has 0 atom stereocenters. The third kappa shape index (κ3) is 16.4. The molecular formula is C26H38F20O3Sn2. The summed E-state index contributed by atoms with van der Waals surface area (Å²) in [5.41, 5.74) is 0. The number of hydrogen-bond donors (Lipinski definition) is 0. The van der Waals surface area contributed by atoms with Crippen LogP contribution in [0.4, 0.5) is 87.8 Å². The van der Waals surface area contributed by atoms with Crippen molar-refractivity contribution in [2.45, 2.75) is 144 Å². The predicted octanol–water partition coefficient (Wildman–Crippen LogP) is 12.4. The van der Waals surface area contributed by atoms with Gasteiger partial charge < -0.3 is 0 Å². The van der Waals surface area contributed by atoms with E-state index in [0.717, 1.165) is 0 Å². The van der Waals surface area contributed by atoms with Crippen LogP contribution in [0.2, 0.25) is 0 Å². The summed E-state index contributed by atoms with van der Waals surface area (Å²) in [7, 11) is 0. The van der Waals surface area contributed by atoms with Crippen molar-refractivity contribution in [1.82, 2.24) is 0 Å². The minimum absolute atomic E-state index is 0.0798. The molecule has 0 aromatic heterocycles. The van der Waals surface area contributed by atoms with E-state index in [2.05, 4.69) is 7.56 Å². The van der Waals surface area contributed by atoms with Crippen LogP contribution in [-0.4, -0.2) is 92.1 Å². The SMILES string of the molecule is CCCCC[O][Sn]([O][Sn]([O]CCCCC)([C](F)(F)CCC(F)(F)F)[C](F)(F)CCC(F)(F)F)([C](F)(F)CCC(F)(F)F)[C](F)(F)CCC(F)(F)F. The van der Waals surface area contributed by atoms with Gasteiger partial charge in [0.2, 0.25) is 0 Å². The van der Waals surface area contributed by atoms with Gasteiger partial charge in [-0.05, 0) is 0 Å². The molecule has 0 aliphatic carbocycles. The Morgan fingerprint density at radius 1 is 0.333 bits per heavy atom. The van der Waals surface area contributed by atoms with Gasteiger partial charge in [-0.3, -0.25) is 0 Å². The van der Waals surface area contributed by atoms with E-state index < -0.39 is 156 Å². The molecule has 25 heteroatoms. The Morgan fingerprint density at radius 3 is 0.725 bits per heavy atom. The van der Waals surface area contributed by atoms with Crippen LogP contribution in [0.3, 0.4) is 0 Å². The Labute approximate surface area is 290 Å². The maximum atomic E-state index is 16.1. The number of alkyl halides is 20. The fraction of sp³-hybridized carbons (Fsp3) is 1.00. The Morgan fingerprint density at radius 2 is 0.549 bits per heavy atom. The van der Waals surface area contributed by atoms with E-state index in [1.807, 2.05) is 0 Å². The van der Waals surface area contributed by atoms with E-state index >= 15 is 35.1 Å². The first-order valence-electron chi connectivity index (χ1n) is 15.4. The van der Waals surface area contributed by atoms with Gasteiger partial charge in [-0.2, -0.15) is 0 Å². The first-order valence-corrected chi connectivity index (χ1v) is 25.8. The van der Waals surface area contributed by atoms with Crippen LogP contribution in [0.5, 0.6) is 0 Å². The van der Waals surface area contributed by atoms with Gasteiger partial charge in [-0.1, -0.05) is 0 Å². The average molecular weight is 1020 g/mol. The Kier molecular flexibility index (Phi) is 19.3. The number of hydrogen-bond acceptors (Lipinski definition) is 3. The molecule has 0 rings (SSSR count). The van der Waals surface area contributed by atoms with E-state index in [1.54, 1.807) is 0 Å². The van der Waals surface area contributed by atoms with Crippen molar-refractivity contribution in [3.8, 4) is 0 Å². The minimum atomic E-state index is -9.47. The summed E-state index contributed by atoms with van der Waals surface area (Å²) >= 11 is -18.9. The summed E-state index contributed by atoms with van der Waals surface area (Å²) < 4.78 is 276. The van der Waals surface area contributed by atoms with E-state index in [9.17, 15) is 52.7 Å². The molecule has 0 aromatic rings. The van der Waals surface area contributed by atoms with Gasteiger partial charge in [0.25, 0.3) is 0 Å². The molecule has 308 valence electrons. The zero-order valence-corrected chi connectivity index (χ0v) is 32.8. The van der Waals surface area contributed by atoms with Crippen LogP contribution in [-0.2, 0) is 7.56 Å². The average Bonchev–Trinajstić information content (AvgIpc) is 2.94. The molecule has 0 amide bonds. The van der Waals surface area contributed by atoms with E-state index in [0.29, 0.717) is 0 Å². The molecule has 0 N–H and O–H groups in total. The molecule has 51 heavy (non-hydrogen) atoms. The second kappa shape index (κ2) is 19.3. The molecule has 0 heterocycles. The van der Waals surface area contributed by atoms with Crippen molar-refractivity contribution in [3.05, 3.63) is 0 Å². The Balaban J connectivity index is 8.33. The summed E-state index contributed by atoms with van der Waals surface area (Å²) in [6, 6.07) is 0. The first kappa shape index (κ1) is 51.1. The van der Waals surface area contributed by atoms with Gasteiger partial charge in [-0.15, -0.1) is 0 Å². The number of halogens is 20. The van der Waals surface area contributed by atoms with Crippen molar-refractivity contribution in [2.75, 3.05) is 13.2 Å². The molecule has 3 nitrogen and oxygen atoms in total. The summed E-state index contributed by atoms with van der Waals surface area (Å²) in [5, 5.41) is 0. The number of unbranched alkanes of at least 4 members (excludes halogenated alkanes) is 4. The van der Waals surface area contributed by atoms with Crippen LogP contribution in [0.1, 0.15) is 104 Å². The van der Waals surface area contributed by atoms with E-state index in [1.165, 1.54) is 13.8 Å². The van der Waals surface area contributed by atoms with Crippen LogP contribution in [0.15, 0.2) is 0 Å². The summed E-state index contributed by atoms with van der Waals surface area (Å²) in [6.07, 6.45) is -47.3. The van der Waals surface area contributed by atoms with E-state index in [4.69, 9.17) is 0 Å². The van der Waals surface area contributed by atoms with Gasteiger partial charge in [0.05, 0.1) is 0 Å². The Hall–Kier alpha value is 0.0774. The molecule has 0 aliphatic heterocycles. The molecule has 0 fully saturated rings. The van der Waals surface area contributed by atoms with E-state index in [-0.39, 0.29) is 25.7 Å². The van der Waals surface area contributed by atoms with Gasteiger partial charge in [0.1, 0.15) is 0 Å². The molecule has 0 saturated heterocycles. The first-order chi connectivity index (χ1) is 22.7. The summed E-state index contributed by atoms with van der Waals surface area (Å²) in [4.78, 5) is 0. The molecule has 0 radical (unpaired) electrons. The second-order valence-electron chi connectivity index (χ2n) is 11.7. The summed E-state index contributed by atoms with van der Waals surface area (Å²) in [6.45, 7) is -0.325. The zero-order valence-electron chi connectivity index (χ0n) is 27.1. The molecule has 0 spiro atoms. The quantitative estimate of drug-likeness (QED) is 0.0548. The van der Waals surface area contributed by atoms with Crippen molar-refractivity contribution in [1.29, 1.82) is 0 Å². The van der Waals surface area contributed by atoms with Crippen LogP contribution < -0.4 is 0 Å². The van der Waals surface area contributed by atoms with Crippen molar-refractivity contribution in [2.24, 2.45) is 0 Å². The molecule has 0 saturated carbocycles. The molecule has 0 unspecified atom stereocenters. The van der Waals surface area contributed by atoms with Gasteiger partial charge in [-0.25, -0.2) is 0 Å². The second-order valence-corrected chi connectivity index (χ2v) is 33.3. The third-order valence-electron chi connectivity index (χ3n) is 7.21. The molecule has 0 aromatic carbocycles. The fourth-order valence-electron chi connectivity index (χ4n) is 4.51. The monoisotopic (exact) mass is 1020 g/mol. The molecular weight excluding hydrogens is 978 g/mol. The van der Waals surface area contributed by atoms with Gasteiger partial charge >= 0.3 is 291 Å². The van der Waals surface area contributed by atoms with Crippen molar-refractivity contribution in [3.63, 3.8) is 0 Å². The Bertz CT molecular complexity index is 874. The predicted molar refractivity (Wildman–Crippen MR) is 144 cm³/mol. The van der Waals surface area contributed by atoms with Gasteiger partial charge in [0, 0.05) is 0 Å². The van der Waals surface area contributed by atoms with Crippen LogP contribution >= 0.6 is 0 Å². The number of rotatable bonds is 24. The zero-order chi connectivity index (χ0) is 40.4. The van der Waals surface area contributed by atoms with Crippen molar-refractivity contribution < 1.29 is 95.4 Å². The third-order valence-corrected chi connectivity index (χ3v) is 37.2. The van der Waals surface area contributed by atoms with Gasteiger partial charge in [0.15, 0.2) is 0 Å². The fourth-order valence-corrected chi connectivity index (χ4v) is 42.3. The standard InChI is InChI=1S/2C5H11O.4C4H4F5.O.2Sn/c2*1-2-3-4-5-6;4*5-3(6)1-2-4(7,8)9;;;/h2*2-5H2,1H3;4*1-2H2;;;/q2*-1;;;;;;2*+1. The maximum absolute atomic E-state index is 16.1.